The molecule has 2 atom stereocenters. The Balaban J connectivity index is 1.65. The van der Waals surface area contributed by atoms with Gasteiger partial charge < -0.3 is 14.4 Å². The molecule has 2 aromatic heterocycles. The number of alkyl halides is 3. The van der Waals surface area contributed by atoms with E-state index in [2.05, 4.69) is 16.3 Å². The van der Waals surface area contributed by atoms with E-state index in [0.29, 0.717) is 37.9 Å². The summed E-state index contributed by atoms with van der Waals surface area (Å²) in [5.41, 5.74) is -3.37. The maximum Gasteiger partial charge on any atom is 0.422 e. The van der Waals surface area contributed by atoms with E-state index in [1.807, 2.05) is 6.92 Å². The Morgan fingerprint density at radius 1 is 1.43 bits per heavy atom. The molecular formula is C18H19F3N4O3. The summed E-state index contributed by atoms with van der Waals surface area (Å²) in [5, 5.41) is 27.0. The summed E-state index contributed by atoms with van der Waals surface area (Å²) in [6.45, 7) is 4.55. The van der Waals surface area contributed by atoms with Gasteiger partial charge in [-0.15, -0.1) is 5.10 Å². The summed E-state index contributed by atoms with van der Waals surface area (Å²) in [6.07, 6.45) is -3.83. The first-order valence-electron chi connectivity index (χ1n) is 8.90. The highest BCUT2D eigenvalue weighted by Gasteiger charge is 2.55. The molecule has 1 fully saturated rings. The van der Waals surface area contributed by atoms with Crippen molar-refractivity contribution in [1.82, 2.24) is 14.9 Å². The minimum absolute atomic E-state index is 0.130. The lowest BCUT2D eigenvalue weighted by molar-refractivity contribution is -0.261. The molecule has 0 aromatic carbocycles. The average Bonchev–Trinajstić information content (AvgIpc) is 3.16. The zero-order valence-corrected chi connectivity index (χ0v) is 15.5. The van der Waals surface area contributed by atoms with Gasteiger partial charge in [0.25, 0.3) is 0 Å². The highest BCUT2D eigenvalue weighted by atomic mass is 19.4. The van der Waals surface area contributed by atoms with E-state index in [4.69, 9.17) is 14.5 Å². The molecular weight excluding hydrogens is 377 g/mol. The van der Waals surface area contributed by atoms with Crippen LogP contribution in [0, 0.1) is 16.7 Å². The lowest BCUT2D eigenvalue weighted by atomic mass is 9.69. The van der Waals surface area contributed by atoms with E-state index < -0.39 is 28.8 Å². The van der Waals surface area contributed by atoms with Crippen LogP contribution in [-0.2, 0) is 12.1 Å². The Morgan fingerprint density at radius 3 is 2.71 bits per heavy atom. The van der Waals surface area contributed by atoms with Gasteiger partial charge in [-0.05, 0) is 13.8 Å². The summed E-state index contributed by atoms with van der Waals surface area (Å²) in [5.74, 6) is 0.0765. The first-order chi connectivity index (χ1) is 12.9. The monoisotopic (exact) mass is 396 g/mol. The van der Waals surface area contributed by atoms with Crippen LogP contribution < -0.4 is 4.74 Å². The summed E-state index contributed by atoms with van der Waals surface area (Å²) < 4.78 is 52.5. The van der Waals surface area contributed by atoms with Crippen molar-refractivity contribution in [2.75, 3.05) is 0 Å². The van der Waals surface area contributed by atoms with E-state index in [-0.39, 0.29) is 17.4 Å². The summed E-state index contributed by atoms with van der Waals surface area (Å²) in [4.78, 5) is 0. The molecule has 0 amide bonds. The van der Waals surface area contributed by atoms with Crippen LogP contribution in [-0.4, -0.2) is 32.3 Å². The van der Waals surface area contributed by atoms with Gasteiger partial charge in [0, 0.05) is 36.9 Å². The quantitative estimate of drug-likeness (QED) is 0.853. The smallest absolute Gasteiger partial charge is 0.422 e. The minimum Gasteiger partial charge on any atom is -0.473 e. The molecule has 3 heterocycles. The minimum atomic E-state index is -4.89. The molecule has 1 aliphatic heterocycles. The highest BCUT2D eigenvalue weighted by Crippen LogP contribution is 2.47. The van der Waals surface area contributed by atoms with Gasteiger partial charge in [0.1, 0.15) is 17.5 Å². The molecule has 1 N–H and O–H groups in total. The Hall–Kier alpha value is -2.54. The number of fused-ring (bicyclic) bond motifs is 3. The number of aromatic nitrogens is 3. The predicted molar refractivity (Wildman–Crippen MR) is 89.1 cm³/mol. The Morgan fingerprint density at radius 2 is 2.11 bits per heavy atom. The normalized spacial score (nSPS) is 28.5. The van der Waals surface area contributed by atoms with Gasteiger partial charge >= 0.3 is 6.18 Å². The van der Waals surface area contributed by atoms with Crippen molar-refractivity contribution in [2.45, 2.75) is 64.0 Å². The second kappa shape index (κ2) is 5.73. The topological polar surface area (TPSA) is 97.1 Å². The van der Waals surface area contributed by atoms with Gasteiger partial charge in [-0.1, -0.05) is 12.1 Å². The Labute approximate surface area is 158 Å². The van der Waals surface area contributed by atoms with Crippen LogP contribution >= 0.6 is 0 Å². The number of rotatable bonds is 3. The molecule has 0 saturated heterocycles. The van der Waals surface area contributed by atoms with Crippen molar-refractivity contribution >= 4 is 0 Å². The molecule has 1 aliphatic carbocycles. The lowest BCUT2D eigenvalue weighted by Gasteiger charge is -2.38. The molecule has 0 radical (unpaired) electrons. The molecule has 4 rings (SSSR count). The Kier molecular flexibility index (Phi) is 3.85. The molecule has 2 aromatic rings. The van der Waals surface area contributed by atoms with E-state index in [0.717, 1.165) is 0 Å². The number of hydrogen-bond donors (Lipinski definition) is 1. The molecule has 0 bridgehead atoms. The molecule has 1 saturated carbocycles. The molecule has 10 heteroatoms. The molecule has 2 aliphatic rings. The fourth-order valence-electron chi connectivity index (χ4n) is 3.84. The van der Waals surface area contributed by atoms with Crippen molar-refractivity contribution in [1.29, 1.82) is 5.26 Å². The van der Waals surface area contributed by atoms with Crippen LogP contribution in [0.3, 0.4) is 0 Å². The molecule has 28 heavy (non-hydrogen) atoms. The maximum absolute atomic E-state index is 13.3. The van der Waals surface area contributed by atoms with Crippen LogP contribution in [0.25, 0.3) is 11.5 Å². The van der Waals surface area contributed by atoms with Crippen molar-refractivity contribution in [3.05, 3.63) is 17.3 Å². The van der Waals surface area contributed by atoms with Crippen LogP contribution in [0.15, 0.2) is 10.6 Å². The lowest BCUT2D eigenvalue weighted by Crippen LogP contribution is -2.41. The third kappa shape index (κ3) is 2.68. The number of halogens is 3. The number of hydrogen-bond acceptors (Lipinski definition) is 6. The SMILES string of the molecule is C[C@H]1Cn2nc(OC3CC(C)(C#N)C3)cc2-c2onc([C@@](C)(O)C(F)(F)F)c21. The van der Waals surface area contributed by atoms with E-state index in [1.165, 1.54) is 0 Å². The summed E-state index contributed by atoms with van der Waals surface area (Å²) in [7, 11) is 0. The van der Waals surface area contributed by atoms with Crippen molar-refractivity contribution in [3.63, 3.8) is 0 Å². The van der Waals surface area contributed by atoms with Gasteiger partial charge in [-0.3, -0.25) is 4.68 Å². The number of nitrogens with zero attached hydrogens (tertiary/aromatic N) is 4. The van der Waals surface area contributed by atoms with E-state index >= 15 is 0 Å². The van der Waals surface area contributed by atoms with E-state index in [9.17, 15) is 18.3 Å². The second-order valence-corrected chi connectivity index (χ2v) is 8.12. The number of ether oxygens (including phenoxy) is 1. The van der Waals surface area contributed by atoms with Crippen molar-refractivity contribution in [2.24, 2.45) is 5.41 Å². The number of aliphatic hydroxyl groups is 1. The average molecular weight is 396 g/mol. The van der Waals surface area contributed by atoms with E-state index in [1.54, 1.807) is 17.7 Å². The fraction of sp³-hybridized carbons (Fsp3) is 0.611. The molecule has 7 nitrogen and oxygen atoms in total. The van der Waals surface area contributed by atoms with Crippen LogP contribution in [0.2, 0.25) is 0 Å². The molecule has 0 spiro atoms. The third-order valence-corrected chi connectivity index (χ3v) is 5.58. The van der Waals surface area contributed by atoms with Gasteiger partial charge in [-0.25, -0.2) is 0 Å². The van der Waals surface area contributed by atoms with Gasteiger partial charge in [0.05, 0.1) is 11.5 Å². The van der Waals surface area contributed by atoms with Crippen LogP contribution in [0.5, 0.6) is 5.88 Å². The van der Waals surface area contributed by atoms with Gasteiger partial charge in [-0.2, -0.15) is 18.4 Å². The van der Waals surface area contributed by atoms with Crippen LogP contribution in [0.1, 0.15) is 50.8 Å². The third-order valence-electron chi connectivity index (χ3n) is 5.58. The standard InChI is InChI=1S/C18H19F3N4O3/c1-9-7-25-11(4-12(23-25)27-10-5-16(2,6-10)8-22)14-13(9)15(24-28-14)17(3,26)18(19,20)21/h4,9-10,26H,5-7H2,1-3H3/t9-,10?,16?,17+/m0/s1. The second-order valence-electron chi connectivity index (χ2n) is 8.12. The Bertz CT molecular complexity index is 964. The molecule has 150 valence electrons. The summed E-state index contributed by atoms with van der Waals surface area (Å²) >= 11 is 0. The van der Waals surface area contributed by atoms with Gasteiger partial charge in [0.2, 0.25) is 11.5 Å². The first kappa shape index (κ1) is 18.8. The first-order valence-corrected chi connectivity index (χ1v) is 8.90. The fourth-order valence-corrected chi connectivity index (χ4v) is 3.84. The maximum atomic E-state index is 13.3. The zero-order valence-electron chi connectivity index (χ0n) is 15.5. The summed E-state index contributed by atoms with van der Waals surface area (Å²) in [6, 6.07) is 3.83. The van der Waals surface area contributed by atoms with Crippen molar-refractivity contribution in [3.8, 4) is 23.4 Å². The highest BCUT2D eigenvalue weighted by molar-refractivity contribution is 5.63. The largest absolute Gasteiger partial charge is 0.473 e. The zero-order chi connectivity index (χ0) is 20.5. The predicted octanol–water partition coefficient (Wildman–Crippen LogP) is 3.50. The van der Waals surface area contributed by atoms with Gasteiger partial charge in [0.15, 0.2) is 5.76 Å². The van der Waals surface area contributed by atoms with Crippen LogP contribution in [0.4, 0.5) is 13.2 Å². The molecule has 0 unspecified atom stereocenters. The van der Waals surface area contributed by atoms with Crippen molar-refractivity contribution < 1.29 is 27.5 Å². The number of nitriles is 1.